The molecule has 2 N–H and O–H groups in total. The molecule has 0 fully saturated rings. The van der Waals surface area contributed by atoms with Gasteiger partial charge in [0.15, 0.2) is 0 Å². The van der Waals surface area contributed by atoms with Crippen LogP contribution in [0.4, 0.5) is 0 Å². The Hall–Kier alpha value is -2.30. The summed E-state index contributed by atoms with van der Waals surface area (Å²) < 4.78 is 11.2. The predicted octanol–water partition coefficient (Wildman–Crippen LogP) is 5.31. The van der Waals surface area contributed by atoms with Gasteiger partial charge in [-0.25, -0.2) is 4.98 Å². The number of nitrogens with zero attached hydrogens (tertiary/aromatic N) is 1. The van der Waals surface area contributed by atoms with Crippen molar-refractivity contribution in [3.8, 4) is 21.7 Å². The maximum Gasteiger partial charge on any atom is 0.330 e. The van der Waals surface area contributed by atoms with E-state index in [2.05, 4.69) is 18.2 Å². The van der Waals surface area contributed by atoms with E-state index >= 15 is 0 Å². The van der Waals surface area contributed by atoms with Gasteiger partial charge in [-0.15, -0.1) is 11.3 Å². The Balaban J connectivity index is 1.85. The first kappa shape index (κ1) is 17.1. The zero-order valence-electron chi connectivity index (χ0n) is 13.7. The number of benzene rings is 2. The minimum atomic E-state index is -4.07. The Morgan fingerprint density at radius 2 is 1.65 bits per heavy atom. The van der Waals surface area contributed by atoms with Crippen molar-refractivity contribution in [3.05, 3.63) is 77.7 Å². The summed E-state index contributed by atoms with van der Waals surface area (Å²) in [6.07, 6.45) is -0.239. The van der Waals surface area contributed by atoms with Crippen LogP contribution in [0.5, 0.6) is 0 Å². The van der Waals surface area contributed by atoms with Gasteiger partial charge in [-0.1, -0.05) is 48.5 Å². The summed E-state index contributed by atoms with van der Waals surface area (Å²) in [6, 6.07) is 23.8. The smallest absolute Gasteiger partial charge is 0.324 e. The molecule has 2 aromatic carbocycles. The zero-order valence-corrected chi connectivity index (χ0v) is 15.5. The lowest BCUT2D eigenvalue weighted by atomic mass is 10.00. The molecule has 0 amide bonds. The molecule has 26 heavy (non-hydrogen) atoms. The van der Waals surface area contributed by atoms with Crippen molar-refractivity contribution in [1.29, 1.82) is 0 Å². The molecular weight excluding hydrogens is 365 g/mol. The Morgan fingerprint density at radius 3 is 2.42 bits per heavy atom. The highest BCUT2D eigenvalue weighted by Gasteiger charge is 2.17. The first-order valence-corrected chi connectivity index (χ1v) is 10.7. The second kappa shape index (κ2) is 6.78. The van der Waals surface area contributed by atoms with Gasteiger partial charge < -0.3 is 9.79 Å². The Kier molecular flexibility index (Phi) is 4.47. The van der Waals surface area contributed by atoms with Gasteiger partial charge in [0.1, 0.15) is 0 Å². The van der Waals surface area contributed by atoms with Crippen LogP contribution in [0.2, 0.25) is 0 Å². The summed E-state index contributed by atoms with van der Waals surface area (Å²) in [5.74, 6) is 0. The average molecular weight is 381 g/mol. The van der Waals surface area contributed by atoms with E-state index in [1.54, 1.807) is 6.07 Å². The normalized spacial score (nSPS) is 11.8. The van der Waals surface area contributed by atoms with Crippen LogP contribution in [-0.4, -0.2) is 14.8 Å². The topological polar surface area (TPSA) is 70.4 Å². The highest BCUT2D eigenvalue weighted by Crippen LogP contribution is 2.42. The lowest BCUT2D eigenvalue weighted by Gasteiger charge is -2.09. The standard InChI is InChI=1S/C20H16NO3PS/c22-25(23,24)13-15-10-11-20(26-15)19-12-17(14-6-2-1-3-7-14)16-8-4-5-9-18(16)21-19/h1-12H,13H2,(H2,22,23,24). The first-order chi connectivity index (χ1) is 12.5. The van der Waals surface area contributed by atoms with Gasteiger partial charge in [-0.2, -0.15) is 0 Å². The average Bonchev–Trinajstić information content (AvgIpc) is 3.08. The second-order valence-corrected chi connectivity index (χ2v) is 8.84. The molecular formula is C20H16NO3PS. The van der Waals surface area contributed by atoms with Gasteiger partial charge >= 0.3 is 7.60 Å². The Labute approximate surface area is 155 Å². The molecule has 0 saturated carbocycles. The zero-order chi connectivity index (χ0) is 18.1. The van der Waals surface area contributed by atoms with E-state index < -0.39 is 7.60 Å². The number of hydrogen-bond donors (Lipinski definition) is 2. The van der Waals surface area contributed by atoms with Gasteiger partial charge in [0.2, 0.25) is 0 Å². The number of thiophene rings is 1. The predicted molar refractivity (Wildman–Crippen MR) is 106 cm³/mol. The Morgan fingerprint density at radius 1 is 0.923 bits per heavy atom. The van der Waals surface area contributed by atoms with Crippen LogP contribution in [-0.2, 0) is 10.7 Å². The van der Waals surface area contributed by atoms with Crippen molar-refractivity contribution in [2.24, 2.45) is 0 Å². The number of rotatable bonds is 4. The van der Waals surface area contributed by atoms with E-state index in [4.69, 9.17) is 4.98 Å². The quantitative estimate of drug-likeness (QED) is 0.470. The third-order valence-electron chi connectivity index (χ3n) is 4.08. The molecule has 130 valence electrons. The van der Waals surface area contributed by atoms with E-state index in [1.807, 2.05) is 48.5 Å². The van der Waals surface area contributed by atoms with Gasteiger partial charge in [0, 0.05) is 10.3 Å². The minimum absolute atomic E-state index is 0.239. The third-order valence-corrected chi connectivity index (χ3v) is 6.15. The van der Waals surface area contributed by atoms with E-state index in [9.17, 15) is 14.4 Å². The molecule has 0 saturated heterocycles. The molecule has 6 heteroatoms. The third kappa shape index (κ3) is 3.62. The van der Waals surface area contributed by atoms with Crippen molar-refractivity contribution >= 4 is 29.8 Å². The van der Waals surface area contributed by atoms with Crippen molar-refractivity contribution < 1.29 is 14.4 Å². The van der Waals surface area contributed by atoms with Crippen LogP contribution in [0.3, 0.4) is 0 Å². The molecule has 4 aromatic rings. The molecule has 0 atom stereocenters. The summed E-state index contributed by atoms with van der Waals surface area (Å²) in [7, 11) is -4.07. The summed E-state index contributed by atoms with van der Waals surface area (Å²) in [4.78, 5) is 24.7. The van der Waals surface area contributed by atoms with Gasteiger partial charge in [-0.3, -0.25) is 4.57 Å². The van der Waals surface area contributed by atoms with E-state index in [0.29, 0.717) is 4.88 Å². The van der Waals surface area contributed by atoms with Crippen LogP contribution in [0.1, 0.15) is 4.88 Å². The molecule has 0 aliphatic carbocycles. The highest BCUT2D eigenvalue weighted by molar-refractivity contribution is 7.51. The molecule has 4 nitrogen and oxygen atoms in total. The van der Waals surface area contributed by atoms with Gasteiger partial charge in [-0.05, 0) is 35.4 Å². The molecule has 2 aromatic heterocycles. The van der Waals surface area contributed by atoms with E-state index in [0.717, 1.165) is 32.6 Å². The van der Waals surface area contributed by atoms with E-state index in [1.165, 1.54) is 11.3 Å². The minimum Gasteiger partial charge on any atom is -0.324 e. The largest absolute Gasteiger partial charge is 0.330 e. The molecule has 0 bridgehead atoms. The monoisotopic (exact) mass is 381 g/mol. The molecule has 0 aliphatic heterocycles. The molecule has 0 aliphatic rings. The van der Waals surface area contributed by atoms with Crippen molar-refractivity contribution in [2.75, 3.05) is 0 Å². The number of hydrogen-bond acceptors (Lipinski definition) is 3. The van der Waals surface area contributed by atoms with Gasteiger partial charge in [0.05, 0.1) is 22.2 Å². The van der Waals surface area contributed by atoms with Crippen LogP contribution in [0, 0.1) is 0 Å². The van der Waals surface area contributed by atoms with Crippen molar-refractivity contribution in [2.45, 2.75) is 6.16 Å². The number of pyridine rings is 1. The van der Waals surface area contributed by atoms with Crippen molar-refractivity contribution in [1.82, 2.24) is 4.98 Å². The summed E-state index contributed by atoms with van der Waals surface area (Å²) in [5, 5.41) is 1.08. The second-order valence-electron chi connectivity index (χ2n) is 6.03. The fourth-order valence-electron chi connectivity index (χ4n) is 2.96. The van der Waals surface area contributed by atoms with E-state index in [-0.39, 0.29) is 6.16 Å². The Bertz CT molecular complexity index is 1120. The lowest BCUT2D eigenvalue weighted by Crippen LogP contribution is -1.88. The lowest BCUT2D eigenvalue weighted by molar-refractivity contribution is 0.372. The fourth-order valence-corrected chi connectivity index (χ4v) is 5.00. The van der Waals surface area contributed by atoms with Crippen LogP contribution in [0.25, 0.3) is 32.6 Å². The molecule has 2 heterocycles. The number of para-hydroxylation sites is 1. The summed E-state index contributed by atoms with van der Waals surface area (Å²) >= 11 is 1.37. The molecule has 0 radical (unpaired) electrons. The first-order valence-electron chi connectivity index (χ1n) is 8.08. The maximum atomic E-state index is 11.2. The number of aromatic nitrogens is 1. The van der Waals surface area contributed by atoms with Crippen LogP contribution in [0.15, 0.2) is 72.8 Å². The van der Waals surface area contributed by atoms with Crippen LogP contribution < -0.4 is 0 Å². The summed E-state index contributed by atoms with van der Waals surface area (Å²) in [6.45, 7) is 0. The van der Waals surface area contributed by atoms with Gasteiger partial charge in [0.25, 0.3) is 0 Å². The fraction of sp³-hybridized carbons (Fsp3) is 0.0500. The maximum absolute atomic E-state index is 11.2. The highest BCUT2D eigenvalue weighted by atomic mass is 32.1. The number of fused-ring (bicyclic) bond motifs is 1. The molecule has 4 rings (SSSR count). The summed E-state index contributed by atoms with van der Waals surface area (Å²) in [5.41, 5.74) is 3.91. The molecule has 0 spiro atoms. The molecule has 0 unspecified atom stereocenters. The van der Waals surface area contributed by atoms with Crippen molar-refractivity contribution in [3.63, 3.8) is 0 Å². The SMILES string of the molecule is O=P(O)(O)Cc1ccc(-c2cc(-c3ccccc3)c3ccccc3n2)s1. The van der Waals surface area contributed by atoms with Crippen LogP contribution >= 0.6 is 18.9 Å².